The number of nitriles is 1. The van der Waals surface area contributed by atoms with Crippen LogP contribution in [0.15, 0.2) is 35.7 Å². The topological polar surface area (TPSA) is 48.7 Å². The largest absolute Gasteiger partial charge is 0.303 e. The summed E-state index contributed by atoms with van der Waals surface area (Å²) >= 11 is 1.65. The summed E-state index contributed by atoms with van der Waals surface area (Å²) < 4.78 is 0. The predicted octanol–water partition coefficient (Wildman–Crippen LogP) is 3.20. The third kappa shape index (κ3) is 3.39. The summed E-state index contributed by atoms with van der Waals surface area (Å²) in [6, 6.07) is 12.4. The number of hydrogen-bond donors (Lipinski definition) is 1. The summed E-state index contributed by atoms with van der Waals surface area (Å²) in [5.41, 5.74) is 2.20. The highest BCUT2D eigenvalue weighted by Gasteiger charge is 2.10. The van der Waals surface area contributed by atoms with Crippen molar-refractivity contribution in [2.24, 2.45) is 0 Å². The Balaban J connectivity index is 2.01. The lowest BCUT2D eigenvalue weighted by Gasteiger charge is -2.15. The van der Waals surface area contributed by atoms with Crippen molar-refractivity contribution >= 4 is 11.3 Å². The molecule has 0 radical (unpaired) electrons. The minimum absolute atomic E-state index is 0.0698. The van der Waals surface area contributed by atoms with Gasteiger partial charge in [0.1, 0.15) is 5.01 Å². The third-order valence-electron chi connectivity index (χ3n) is 2.66. The summed E-state index contributed by atoms with van der Waals surface area (Å²) in [7, 11) is 0. The second kappa shape index (κ2) is 6.29. The van der Waals surface area contributed by atoms with Crippen LogP contribution in [0.2, 0.25) is 0 Å². The van der Waals surface area contributed by atoms with E-state index in [1.54, 1.807) is 11.3 Å². The molecular formula is C14H15N3S. The number of nitrogens with one attached hydrogen (secondary N) is 1. The monoisotopic (exact) mass is 257 g/mol. The Labute approximate surface area is 111 Å². The SMILES string of the molecule is Cc1csc(CNC(CC#N)c2ccccc2)n1. The van der Waals surface area contributed by atoms with Gasteiger partial charge in [-0.2, -0.15) is 5.26 Å². The quantitative estimate of drug-likeness (QED) is 0.894. The Bertz CT molecular complexity index is 527. The molecule has 0 aliphatic heterocycles. The summed E-state index contributed by atoms with van der Waals surface area (Å²) in [4.78, 5) is 4.41. The molecule has 0 bridgehead atoms. The number of aromatic nitrogens is 1. The van der Waals surface area contributed by atoms with Gasteiger partial charge in [-0.05, 0) is 12.5 Å². The fraction of sp³-hybridized carbons (Fsp3) is 0.286. The first-order valence-electron chi connectivity index (χ1n) is 5.86. The van der Waals surface area contributed by atoms with Crippen molar-refractivity contribution < 1.29 is 0 Å². The molecule has 1 heterocycles. The van der Waals surface area contributed by atoms with Crippen molar-refractivity contribution in [2.75, 3.05) is 0 Å². The van der Waals surface area contributed by atoms with Crippen LogP contribution in [-0.2, 0) is 6.54 Å². The lowest BCUT2D eigenvalue weighted by Crippen LogP contribution is -2.20. The van der Waals surface area contributed by atoms with Gasteiger partial charge in [0.2, 0.25) is 0 Å². The van der Waals surface area contributed by atoms with Crippen molar-refractivity contribution in [3.63, 3.8) is 0 Å². The van der Waals surface area contributed by atoms with Gasteiger partial charge < -0.3 is 5.32 Å². The highest BCUT2D eigenvalue weighted by Crippen LogP contribution is 2.17. The molecule has 0 aliphatic carbocycles. The van der Waals surface area contributed by atoms with Crippen molar-refractivity contribution in [3.8, 4) is 6.07 Å². The van der Waals surface area contributed by atoms with Crippen LogP contribution in [0.4, 0.5) is 0 Å². The smallest absolute Gasteiger partial charge is 0.107 e. The lowest BCUT2D eigenvalue weighted by molar-refractivity contribution is 0.541. The van der Waals surface area contributed by atoms with E-state index in [1.807, 2.05) is 42.6 Å². The zero-order chi connectivity index (χ0) is 12.8. The minimum Gasteiger partial charge on any atom is -0.303 e. The number of rotatable bonds is 5. The maximum atomic E-state index is 8.90. The van der Waals surface area contributed by atoms with Gasteiger partial charge in [-0.15, -0.1) is 11.3 Å². The minimum atomic E-state index is 0.0698. The van der Waals surface area contributed by atoms with Crippen LogP contribution >= 0.6 is 11.3 Å². The Kier molecular flexibility index (Phi) is 4.46. The molecule has 0 aliphatic rings. The van der Waals surface area contributed by atoms with Crippen molar-refractivity contribution in [1.29, 1.82) is 5.26 Å². The van der Waals surface area contributed by atoms with Crippen LogP contribution in [0.5, 0.6) is 0 Å². The molecule has 2 rings (SSSR count). The maximum absolute atomic E-state index is 8.90. The molecule has 1 N–H and O–H groups in total. The normalized spacial score (nSPS) is 12.0. The molecule has 92 valence electrons. The van der Waals surface area contributed by atoms with Gasteiger partial charge in [-0.25, -0.2) is 4.98 Å². The molecule has 0 amide bonds. The summed E-state index contributed by atoms with van der Waals surface area (Å²) in [6.45, 7) is 2.70. The average molecular weight is 257 g/mol. The average Bonchev–Trinajstić information content (AvgIpc) is 2.81. The summed E-state index contributed by atoms with van der Waals surface area (Å²) in [5, 5.41) is 15.4. The molecule has 1 atom stereocenters. The third-order valence-corrected chi connectivity index (χ3v) is 3.63. The van der Waals surface area contributed by atoms with Gasteiger partial charge in [-0.3, -0.25) is 0 Å². The first-order valence-corrected chi connectivity index (χ1v) is 6.74. The Hall–Kier alpha value is -1.70. The molecule has 4 heteroatoms. The Morgan fingerprint density at radius 1 is 1.39 bits per heavy atom. The molecule has 1 unspecified atom stereocenters. The molecule has 0 saturated carbocycles. The molecule has 0 saturated heterocycles. The number of hydrogen-bond acceptors (Lipinski definition) is 4. The predicted molar refractivity (Wildman–Crippen MR) is 73.1 cm³/mol. The first kappa shape index (κ1) is 12.7. The van der Waals surface area contributed by atoms with E-state index in [4.69, 9.17) is 5.26 Å². The van der Waals surface area contributed by atoms with E-state index in [1.165, 1.54) is 0 Å². The zero-order valence-corrected chi connectivity index (χ0v) is 11.1. The zero-order valence-electron chi connectivity index (χ0n) is 10.3. The van der Waals surface area contributed by atoms with Gasteiger partial charge in [0, 0.05) is 23.7 Å². The van der Waals surface area contributed by atoms with Gasteiger partial charge in [-0.1, -0.05) is 30.3 Å². The van der Waals surface area contributed by atoms with Crippen LogP contribution in [0, 0.1) is 18.3 Å². The highest BCUT2D eigenvalue weighted by atomic mass is 32.1. The molecule has 1 aromatic heterocycles. The molecule has 3 nitrogen and oxygen atoms in total. The van der Waals surface area contributed by atoms with Gasteiger partial charge in [0.15, 0.2) is 0 Å². The molecule has 0 spiro atoms. The number of aryl methyl sites for hydroxylation is 1. The standard InChI is InChI=1S/C14H15N3S/c1-11-10-18-14(17-11)9-16-13(7-8-15)12-5-3-2-4-6-12/h2-6,10,13,16H,7,9H2,1H3. The number of thiazole rings is 1. The van der Waals surface area contributed by atoms with E-state index in [2.05, 4.69) is 16.4 Å². The van der Waals surface area contributed by atoms with E-state index in [0.29, 0.717) is 13.0 Å². The van der Waals surface area contributed by atoms with E-state index >= 15 is 0 Å². The van der Waals surface area contributed by atoms with Gasteiger partial charge in [0.05, 0.1) is 12.5 Å². The molecule has 1 aromatic carbocycles. The van der Waals surface area contributed by atoms with Crippen LogP contribution < -0.4 is 5.32 Å². The molecule has 18 heavy (non-hydrogen) atoms. The van der Waals surface area contributed by atoms with E-state index in [0.717, 1.165) is 16.3 Å². The Morgan fingerprint density at radius 2 is 2.17 bits per heavy atom. The lowest BCUT2D eigenvalue weighted by atomic mass is 10.0. The van der Waals surface area contributed by atoms with Gasteiger partial charge >= 0.3 is 0 Å². The van der Waals surface area contributed by atoms with Crippen LogP contribution in [-0.4, -0.2) is 4.98 Å². The van der Waals surface area contributed by atoms with E-state index < -0.39 is 0 Å². The van der Waals surface area contributed by atoms with Crippen LogP contribution in [0.3, 0.4) is 0 Å². The summed E-state index contributed by atoms with van der Waals surface area (Å²) in [5.74, 6) is 0. The van der Waals surface area contributed by atoms with Crippen LogP contribution in [0.1, 0.15) is 28.7 Å². The van der Waals surface area contributed by atoms with Gasteiger partial charge in [0.25, 0.3) is 0 Å². The molecule has 2 aromatic rings. The second-order valence-corrected chi connectivity index (χ2v) is 5.03. The van der Waals surface area contributed by atoms with Crippen LogP contribution in [0.25, 0.3) is 0 Å². The summed E-state index contributed by atoms with van der Waals surface area (Å²) in [6.07, 6.45) is 0.467. The number of benzene rings is 1. The highest BCUT2D eigenvalue weighted by molar-refractivity contribution is 7.09. The fourth-order valence-corrected chi connectivity index (χ4v) is 2.50. The fourth-order valence-electron chi connectivity index (χ4n) is 1.78. The number of nitrogens with zero attached hydrogens (tertiary/aromatic N) is 2. The van der Waals surface area contributed by atoms with E-state index in [9.17, 15) is 0 Å². The van der Waals surface area contributed by atoms with Crippen molar-refractivity contribution in [1.82, 2.24) is 10.3 Å². The van der Waals surface area contributed by atoms with E-state index in [-0.39, 0.29) is 6.04 Å². The maximum Gasteiger partial charge on any atom is 0.107 e. The molecular weight excluding hydrogens is 242 g/mol. The van der Waals surface area contributed by atoms with Crippen molar-refractivity contribution in [2.45, 2.75) is 25.9 Å². The Morgan fingerprint density at radius 3 is 2.78 bits per heavy atom. The second-order valence-electron chi connectivity index (χ2n) is 4.09. The molecule has 0 fully saturated rings. The first-order chi connectivity index (χ1) is 8.79. The van der Waals surface area contributed by atoms with Crippen molar-refractivity contribution in [3.05, 3.63) is 52.0 Å².